The van der Waals surface area contributed by atoms with Gasteiger partial charge >= 0.3 is 6.01 Å². The standard InChI is InChI=1S/C13H18N4O3/c1-7-11(8(2)16-13(15-7)20-3)17-12(19)9-4-5-10(18)14-6-9/h9H,4-6H2,1-3H3,(H,14,18)(H,17,19). The predicted molar refractivity (Wildman–Crippen MR) is 72.4 cm³/mol. The summed E-state index contributed by atoms with van der Waals surface area (Å²) >= 11 is 0. The molecular weight excluding hydrogens is 260 g/mol. The van der Waals surface area contributed by atoms with Gasteiger partial charge in [-0.1, -0.05) is 0 Å². The van der Waals surface area contributed by atoms with Crippen molar-refractivity contribution in [1.82, 2.24) is 15.3 Å². The van der Waals surface area contributed by atoms with Crippen molar-refractivity contribution in [1.29, 1.82) is 0 Å². The maximum Gasteiger partial charge on any atom is 0.316 e. The smallest absolute Gasteiger partial charge is 0.316 e. The first-order chi connectivity index (χ1) is 9.51. The molecule has 7 heteroatoms. The number of nitrogens with zero attached hydrogens (tertiary/aromatic N) is 2. The zero-order valence-corrected chi connectivity index (χ0v) is 11.8. The molecule has 1 fully saturated rings. The van der Waals surface area contributed by atoms with Crippen LogP contribution in [0.2, 0.25) is 0 Å². The van der Waals surface area contributed by atoms with Crippen LogP contribution in [0, 0.1) is 19.8 Å². The van der Waals surface area contributed by atoms with E-state index >= 15 is 0 Å². The largest absolute Gasteiger partial charge is 0.467 e. The van der Waals surface area contributed by atoms with Crippen molar-refractivity contribution < 1.29 is 14.3 Å². The molecule has 108 valence electrons. The van der Waals surface area contributed by atoms with Crippen LogP contribution < -0.4 is 15.4 Å². The number of aryl methyl sites for hydroxylation is 2. The van der Waals surface area contributed by atoms with Gasteiger partial charge in [-0.3, -0.25) is 9.59 Å². The SMILES string of the molecule is COc1nc(C)c(NC(=O)C2CCC(=O)NC2)c(C)n1. The molecule has 0 radical (unpaired) electrons. The van der Waals surface area contributed by atoms with Gasteiger partial charge in [0.2, 0.25) is 11.8 Å². The fourth-order valence-corrected chi connectivity index (χ4v) is 2.14. The molecule has 1 unspecified atom stereocenters. The lowest BCUT2D eigenvalue weighted by Gasteiger charge is -2.22. The van der Waals surface area contributed by atoms with Crippen LogP contribution in [0.15, 0.2) is 0 Å². The van der Waals surface area contributed by atoms with E-state index in [1.54, 1.807) is 13.8 Å². The van der Waals surface area contributed by atoms with Gasteiger partial charge in [0.1, 0.15) is 0 Å². The van der Waals surface area contributed by atoms with E-state index in [1.165, 1.54) is 7.11 Å². The van der Waals surface area contributed by atoms with Gasteiger partial charge in [0.05, 0.1) is 30.1 Å². The van der Waals surface area contributed by atoms with Crippen LogP contribution in [0.4, 0.5) is 5.69 Å². The van der Waals surface area contributed by atoms with E-state index < -0.39 is 0 Å². The molecule has 7 nitrogen and oxygen atoms in total. The van der Waals surface area contributed by atoms with Crippen LogP contribution in [-0.4, -0.2) is 35.4 Å². The first-order valence-electron chi connectivity index (χ1n) is 6.48. The minimum absolute atomic E-state index is 0.00538. The number of carbonyl (C=O) groups is 2. The Morgan fingerprint density at radius 1 is 1.35 bits per heavy atom. The van der Waals surface area contributed by atoms with Gasteiger partial charge in [-0.2, -0.15) is 9.97 Å². The Balaban J connectivity index is 2.10. The van der Waals surface area contributed by atoms with Crippen molar-refractivity contribution in [2.75, 3.05) is 19.0 Å². The third-order valence-electron chi connectivity index (χ3n) is 3.32. The summed E-state index contributed by atoms with van der Waals surface area (Å²) < 4.78 is 4.98. The van der Waals surface area contributed by atoms with E-state index in [2.05, 4.69) is 20.6 Å². The fraction of sp³-hybridized carbons (Fsp3) is 0.538. The van der Waals surface area contributed by atoms with Crippen LogP contribution in [0.5, 0.6) is 6.01 Å². The van der Waals surface area contributed by atoms with Gasteiger partial charge in [0.15, 0.2) is 0 Å². The van der Waals surface area contributed by atoms with E-state index in [0.717, 1.165) is 0 Å². The first-order valence-corrected chi connectivity index (χ1v) is 6.48. The third kappa shape index (κ3) is 3.04. The molecule has 2 amide bonds. The van der Waals surface area contributed by atoms with E-state index in [-0.39, 0.29) is 23.7 Å². The second-order valence-corrected chi connectivity index (χ2v) is 4.79. The highest BCUT2D eigenvalue weighted by atomic mass is 16.5. The van der Waals surface area contributed by atoms with Crippen molar-refractivity contribution >= 4 is 17.5 Å². The van der Waals surface area contributed by atoms with E-state index in [4.69, 9.17) is 4.74 Å². The molecule has 1 aromatic heterocycles. The Morgan fingerprint density at radius 3 is 2.50 bits per heavy atom. The zero-order valence-electron chi connectivity index (χ0n) is 11.8. The number of amides is 2. The average Bonchev–Trinajstić information content (AvgIpc) is 2.43. The maximum absolute atomic E-state index is 12.2. The highest BCUT2D eigenvalue weighted by molar-refractivity contribution is 5.94. The number of nitrogens with one attached hydrogen (secondary N) is 2. The molecule has 0 aliphatic carbocycles. The molecule has 2 N–H and O–H groups in total. The molecule has 0 aromatic carbocycles. The summed E-state index contributed by atoms with van der Waals surface area (Å²) in [5, 5.41) is 5.54. The summed E-state index contributed by atoms with van der Waals surface area (Å²) in [6.07, 6.45) is 0.946. The number of hydrogen-bond acceptors (Lipinski definition) is 5. The lowest BCUT2D eigenvalue weighted by molar-refractivity contribution is -0.126. The molecule has 0 saturated carbocycles. The first kappa shape index (κ1) is 14.2. The number of methoxy groups -OCH3 is 1. The minimum atomic E-state index is -0.214. The predicted octanol–water partition coefficient (Wildman–Crippen LogP) is 0.567. The summed E-state index contributed by atoms with van der Waals surface area (Å²) in [7, 11) is 1.50. The van der Waals surface area contributed by atoms with Crippen LogP contribution >= 0.6 is 0 Å². The highest BCUT2D eigenvalue weighted by Gasteiger charge is 2.25. The molecular formula is C13H18N4O3. The fourth-order valence-electron chi connectivity index (χ4n) is 2.14. The summed E-state index contributed by atoms with van der Waals surface area (Å²) in [6, 6.07) is 0.280. The lowest BCUT2D eigenvalue weighted by Crippen LogP contribution is -2.40. The molecule has 2 rings (SSSR count). The molecule has 1 aliphatic heterocycles. The normalized spacial score (nSPS) is 18.4. The molecule has 0 bridgehead atoms. The number of aromatic nitrogens is 2. The van der Waals surface area contributed by atoms with Gasteiger partial charge in [0.25, 0.3) is 0 Å². The molecule has 1 atom stereocenters. The molecule has 1 aliphatic rings. The van der Waals surface area contributed by atoms with E-state index in [1.807, 2.05) is 0 Å². The number of ether oxygens (including phenoxy) is 1. The number of piperidine rings is 1. The van der Waals surface area contributed by atoms with Gasteiger partial charge in [-0.15, -0.1) is 0 Å². The second-order valence-electron chi connectivity index (χ2n) is 4.79. The Morgan fingerprint density at radius 2 is 2.00 bits per heavy atom. The molecule has 20 heavy (non-hydrogen) atoms. The number of anilines is 1. The van der Waals surface area contributed by atoms with Crippen molar-refractivity contribution in [3.05, 3.63) is 11.4 Å². The monoisotopic (exact) mass is 278 g/mol. The van der Waals surface area contributed by atoms with Crippen molar-refractivity contribution in [3.63, 3.8) is 0 Å². The van der Waals surface area contributed by atoms with Crippen LogP contribution in [0.25, 0.3) is 0 Å². The van der Waals surface area contributed by atoms with Crippen molar-refractivity contribution in [2.24, 2.45) is 5.92 Å². The summed E-state index contributed by atoms with van der Waals surface area (Å²) in [6.45, 7) is 3.95. The Hall–Kier alpha value is -2.18. The number of carbonyl (C=O) groups excluding carboxylic acids is 2. The molecule has 2 heterocycles. The molecule has 1 saturated heterocycles. The molecule has 1 aromatic rings. The summed E-state index contributed by atoms with van der Waals surface area (Å²) in [5.41, 5.74) is 1.91. The van der Waals surface area contributed by atoms with E-state index in [9.17, 15) is 9.59 Å². The molecule has 0 spiro atoms. The van der Waals surface area contributed by atoms with Crippen LogP contribution in [0.3, 0.4) is 0 Å². The zero-order chi connectivity index (χ0) is 14.7. The summed E-state index contributed by atoms with van der Waals surface area (Å²) in [5.74, 6) is -0.340. The minimum Gasteiger partial charge on any atom is -0.467 e. The second kappa shape index (κ2) is 5.85. The van der Waals surface area contributed by atoms with Crippen LogP contribution in [-0.2, 0) is 9.59 Å². The quantitative estimate of drug-likeness (QED) is 0.843. The average molecular weight is 278 g/mol. The van der Waals surface area contributed by atoms with E-state index in [0.29, 0.717) is 36.5 Å². The Labute approximate surface area is 117 Å². The Bertz CT molecular complexity index is 511. The number of hydrogen-bond donors (Lipinski definition) is 2. The van der Waals surface area contributed by atoms with Gasteiger partial charge in [-0.05, 0) is 20.3 Å². The van der Waals surface area contributed by atoms with Gasteiger partial charge < -0.3 is 15.4 Å². The topological polar surface area (TPSA) is 93.2 Å². The van der Waals surface area contributed by atoms with Gasteiger partial charge in [-0.25, -0.2) is 0 Å². The van der Waals surface area contributed by atoms with Crippen molar-refractivity contribution in [2.45, 2.75) is 26.7 Å². The summed E-state index contributed by atoms with van der Waals surface area (Å²) in [4.78, 5) is 31.6. The van der Waals surface area contributed by atoms with Gasteiger partial charge in [0, 0.05) is 13.0 Å². The van der Waals surface area contributed by atoms with Crippen LogP contribution in [0.1, 0.15) is 24.2 Å². The third-order valence-corrected chi connectivity index (χ3v) is 3.32. The number of rotatable bonds is 3. The Kier molecular flexibility index (Phi) is 4.16. The maximum atomic E-state index is 12.2. The highest BCUT2D eigenvalue weighted by Crippen LogP contribution is 2.21. The lowest BCUT2D eigenvalue weighted by atomic mass is 9.98. The van der Waals surface area contributed by atoms with Crippen molar-refractivity contribution in [3.8, 4) is 6.01 Å².